The lowest BCUT2D eigenvalue weighted by atomic mass is 10.0. The highest BCUT2D eigenvalue weighted by atomic mass is 31.2. The third-order valence-electron chi connectivity index (χ3n) is 10.1. The summed E-state index contributed by atoms with van der Waals surface area (Å²) in [4.78, 5) is 35.0. The van der Waals surface area contributed by atoms with E-state index in [9.17, 15) is 24.2 Å². The number of ether oxygens (including phenoxy) is 2. The van der Waals surface area contributed by atoms with Gasteiger partial charge in [0.05, 0.1) is 19.3 Å². The number of aliphatic hydroxyl groups is 1. The summed E-state index contributed by atoms with van der Waals surface area (Å²) >= 11 is 0. The first-order valence-corrected chi connectivity index (χ1v) is 24.0. The van der Waals surface area contributed by atoms with Crippen molar-refractivity contribution >= 4 is 19.8 Å². The number of aliphatic hydroxyl groups excluding tert-OH is 1. The first kappa shape index (κ1) is 54.2. The van der Waals surface area contributed by atoms with Crippen molar-refractivity contribution in [2.45, 2.75) is 188 Å². The highest BCUT2D eigenvalue weighted by Crippen LogP contribution is 2.43. The van der Waals surface area contributed by atoms with Gasteiger partial charge in [0.25, 0.3) is 0 Å². The first-order chi connectivity index (χ1) is 28.5. The van der Waals surface area contributed by atoms with Crippen LogP contribution in [0.3, 0.4) is 0 Å². The van der Waals surface area contributed by atoms with Gasteiger partial charge >= 0.3 is 19.8 Å². The molecule has 0 bridgehead atoms. The molecule has 1 aromatic heterocycles. The van der Waals surface area contributed by atoms with E-state index in [1.165, 1.54) is 55.4 Å². The molecule has 0 spiro atoms. The van der Waals surface area contributed by atoms with Crippen molar-refractivity contribution in [1.82, 2.24) is 0 Å². The second-order valence-corrected chi connectivity index (χ2v) is 16.7. The van der Waals surface area contributed by atoms with Crippen LogP contribution in [0.2, 0.25) is 0 Å². The van der Waals surface area contributed by atoms with E-state index in [2.05, 4.69) is 57.2 Å². The maximum atomic E-state index is 12.6. The molecule has 0 saturated heterocycles. The van der Waals surface area contributed by atoms with Crippen LogP contribution in [0.4, 0.5) is 0 Å². The van der Waals surface area contributed by atoms with Crippen molar-refractivity contribution in [3.05, 3.63) is 71.3 Å². The third kappa shape index (κ3) is 30.0. The van der Waals surface area contributed by atoms with E-state index in [1.807, 2.05) is 19.1 Å². The van der Waals surface area contributed by atoms with Gasteiger partial charge in [-0.1, -0.05) is 114 Å². The molecule has 1 heterocycles. The standard InChI is InChI=1S/C47H80NO10P/c1-5-7-26-32-44-40(3)41(4)45(58-44)33-28-23-19-16-17-20-24-29-34-46(50)54-38-43(39-56-59(52,53)55-37-36-48)57-47(51)35-30-25-21-15-13-11-9-8-10-12-14-18-22-27-31-42(49)6-2/h9-12,15,18,21-22,42-43,49H,5-8,13-14,16-17,19-20,23-39,48H2,1-4H3,(H,52,53)/b11-9-,12-10-,21-15-,22-18-/t42-,43-/m1/s1. The molecule has 4 N–H and O–H groups in total. The second kappa shape index (κ2) is 35.9. The van der Waals surface area contributed by atoms with Crippen molar-refractivity contribution in [2.75, 3.05) is 26.4 Å². The Kier molecular flexibility index (Phi) is 33.0. The molecule has 0 radical (unpaired) electrons. The van der Waals surface area contributed by atoms with Gasteiger partial charge in [-0.2, -0.15) is 0 Å². The number of phosphoric ester groups is 1. The summed E-state index contributed by atoms with van der Waals surface area (Å²) < 4.78 is 39.0. The zero-order chi connectivity index (χ0) is 43.4. The predicted molar refractivity (Wildman–Crippen MR) is 238 cm³/mol. The molecule has 1 aromatic rings. The van der Waals surface area contributed by atoms with Crippen LogP contribution < -0.4 is 5.73 Å². The minimum Gasteiger partial charge on any atom is -0.466 e. The van der Waals surface area contributed by atoms with Gasteiger partial charge in [0, 0.05) is 32.2 Å². The van der Waals surface area contributed by atoms with E-state index in [1.54, 1.807) is 0 Å². The second-order valence-electron chi connectivity index (χ2n) is 15.3. The van der Waals surface area contributed by atoms with Gasteiger partial charge in [-0.15, -0.1) is 0 Å². The van der Waals surface area contributed by atoms with Crippen LogP contribution in [0, 0.1) is 13.8 Å². The number of hydrogen-bond acceptors (Lipinski definition) is 10. The van der Waals surface area contributed by atoms with Crippen molar-refractivity contribution in [1.29, 1.82) is 0 Å². The fourth-order valence-corrected chi connectivity index (χ4v) is 7.02. The molecule has 0 aliphatic carbocycles. The van der Waals surface area contributed by atoms with Crippen molar-refractivity contribution in [3.63, 3.8) is 0 Å². The Morgan fingerprint density at radius 2 is 1.22 bits per heavy atom. The molecule has 0 saturated carbocycles. The van der Waals surface area contributed by atoms with Crippen LogP contribution in [0.5, 0.6) is 0 Å². The van der Waals surface area contributed by atoms with Crippen molar-refractivity contribution in [3.8, 4) is 0 Å². The molecule has 0 amide bonds. The molecule has 0 aromatic carbocycles. The minimum atomic E-state index is -4.42. The summed E-state index contributed by atoms with van der Waals surface area (Å²) in [6, 6.07) is 0. The lowest BCUT2D eigenvalue weighted by Gasteiger charge is -2.19. The van der Waals surface area contributed by atoms with Crippen LogP contribution in [-0.2, 0) is 45.5 Å². The van der Waals surface area contributed by atoms with Crippen LogP contribution in [0.25, 0.3) is 0 Å². The Morgan fingerprint density at radius 1 is 0.695 bits per heavy atom. The summed E-state index contributed by atoms with van der Waals surface area (Å²) in [7, 11) is -4.42. The van der Waals surface area contributed by atoms with E-state index < -0.39 is 32.5 Å². The average Bonchev–Trinajstić information content (AvgIpc) is 3.49. The molecule has 338 valence electrons. The molecule has 59 heavy (non-hydrogen) atoms. The van der Waals surface area contributed by atoms with Gasteiger partial charge < -0.3 is 29.6 Å². The summed E-state index contributed by atoms with van der Waals surface area (Å²) in [5, 5.41) is 9.57. The molecule has 0 aliphatic heterocycles. The highest BCUT2D eigenvalue weighted by Gasteiger charge is 2.26. The fourth-order valence-electron chi connectivity index (χ4n) is 6.26. The van der Waals surface area contributed by atoms with Gasteiger partial charge in [-0.05, 0) is 95.6 Å². The highest BCUT2D eigenvalue weighted by molar-refractivity contribution is 7.47. The average molecular weight is 850 g/mol. The van der Waals surface area contributed by atoms with Gasteiger partial charge in [-0.25, -0.2) is 4.57 Å². The minimum absolute atomic E-state index is 0.0312. The van der Waals surface area contributed by atoms with Gasteiger partial charge in [0.2, 0.25) is 0 Å². The lowest BCUT2D eigenvalue weighted by Crippen LogP contribution is -2.29. The maximum absolute atomic E-state index is 12.6. The van der Waals surface area contributed by atoms with Gasteiger partial charge in [0.15, 0.2) is 6.10 Å². The topological polar surface area (TPSA) is 168 Å². The molecule has 1 rings (SSSR count). The van der Waals surface area contributed by atoms with Crippen molar-refractivity contribution in [2.24, 2.45) is 5.73 Å². The number of carbonyl (C=O) groups excluding carboxylic acids is 2. The van der Waals surface area contributed by atoms with Gasteiger partial charge in [0.1, 0.15) is 18.1 Å². The molecular formula is C47H80NO10P. The molecule has 12 heteroatoms. The predicted octanol–water partition coefficient (Wildman–Crippen LogP) is 11.3. The SMILES string of the molecule is CCCCCc1oc(CCCCCCCCCCC(=O)OC[C@H](COP(=O)(O)OCCN)OC(=O)CCC/C=C\C/C=C\C/C=C\C/C=C\CC[C@H](O)CC)c(C)c1C. The molecule has 3 atom stereocenters. The number of hydrogen-bond donors (Lipinski definition) is 3. The smallest absolute Gasteiger partial charge is 0.466 e. The number of esters is 2. The number of nitrogens with two attached hydrogens (primary N) is 1. The Labute approximate surface area is 356 Å². The van der Waals surface area contributed by atoms with E-state index in [4.69, 9.17) is 28.7 Å². The first-order valence-electron chi connectivity index (χ1n) is 22.6. The summed E-state index contributed by atoms with van der Waals surface area (Å²) in [5.74, 6) is 1.39. The van der Waals surface area contributed by atoms with Crippen LogP contribution in [0.1, 0.15) is 171 Å². The fraction of sp³-hybridized carbons (Fsp3) is 0.702. The number of carbonyl (C=O) groups is 2. The molecule has 1 unspecified atom stereocenters. The summed E-state index contributed by atoms with van der Waals surface area (Å²) in [5.41, 5.74) is 7.99. The lowest BCUT2D eigenvalue weighted by molar-refractivity contribution is -0.161. The third-order valence-corrected chi connectivity index (χ3v) is 11.1. The van der Waals surface area contributed by atoms with E-state index in [0.717, 1.165) is 82.8 Å². The Morgan fingerprint density at radius 3 is 1.80 bits per heavy atom. The molecule has 0 aliphatic rings. The zero-order valence-electron chi connectivity index (χ0n) is 37.1. The molecular weight excluding hydrogens is 769 g/mol. The van der Waals surface area contributed by atoms with E-state index in [-0.39, 0.29) is 38.7 Å². The maximum Gasteiger partial charge on any atom is 0.472 e. The normalized spacial score (nSPS) is 14.2. The zero-order valence-corrected chi connectivity index (χ0v) is 37.9. The molecule has 11 nitrogen and oxygen atoms in total. The molecule has 0 fully saturated rings. The Balaban J connectivity index is 2.29. The van der Waals surface area contributed by atoms with Gasteiger partial charge in [-0.3, -0.25) is 18.6 Å². The Bertz CT molecular complexity index is 1400. The van der Waals surface area contributed by atoms with Crippen LogP contribution in [-0.4, -0.2) is 60.5 Å². The number of phosphoric acid groups is 1. The van der Waals surface area contributed by atoms with E-state index in [0.29, 0.717) is 19.3 Å². The number of unbranched alkanes of at least 4 members (excludes halogenated alkanes) is 10. The van der Waals surface area contributed by atoms with E-state index >= 15 is 0 Å². The number of allylic oxidation sites excluding steroid dienone is 8. The monoisotopic (exact) mass is 850 g/mol. The number of rotatable bonds is 38. The summed E-state index contributed by atoms with van der Waals surface area (Å²) in [6.45, 7) is 7.67. The largest absolute Gasteiger partial charge is 0.472 e. The van der Waals surface area contributed by atoms with Crippen molar-refractivity contribution < 1.29 is 47.1 Å². The van der Waals surface area contributed by atoms with Crippen LogP contribution >= 0.6 is 7.82 Å². The quantitative estimate of drug-likeness (QED) is 0.0251. The number of furan rings is 1. The number of aryl methyl sites for hydroxylation is 2. The Hall–Kier alpha value is -2.79. The van der Waals surface area contributed by atoms with Crippen LogP contribution in [0.15, 0.2) is 53.0 Å². The summed E-state index contributed by atoms with van der Waals surface area (Å²) in [6.07, 6.45) is 36.3.